The van der Waals surface area contributed by atoms with Gasteiger partial charge in [0, 0.05) is 81.8 Å². The average molecular weight is 569 g/mol. The van der Waals surface area contributed by atoms with Crippen LogP contribution in [-0.4, -0.2) is 87.9 Å². The first kappa shape index (κ1) is 27.3. The molecule has 42 heavy (non-hydrogen) atoms. The van der Waals surface area contributed by atoms with Crippen molar-refractivity contribution in [1.82, 2.24) is 30.0 Å². The minimum atomic E-state index is 0.138. The van der Waals surface area contributed by atoms with Gasteiger partial charge >= 0.3 is 0 Å². The van der Waals surface area contributed by atoms with E-state index in [1.807, 2.05) is 28.1 Å². The van der Waals surface area contributed by atoms with Crippen LogP contribution in [0.1, 0.15) is 72.3 Å². The number of carbonyl (C=O) groups excluding carboxylic acids is 2. The standard InChI is InChI=1S/C33H40N6O3/c1-22(40)38-13-8-24(9-14-38)32-35-17-25-15-23(4-7-31(25)36-32)19-37-12-10-29(21-37)42-28-5-6-30-26(16-28)20-39(33(30)41)27-3-2-11-34-18-27/h4-7,15-17,24,27,29,34H,2-3,8-14,18-21H2,1H3/t27-,29-/m0/s1. The van der Waals surface area contributed by atoms with Gasteiger partial charge in [-0.2, -0.15) is 0 Å². The highest BCUT2D eigenvalue weighted by atomic mass is 16.5. The molecule has 3 fully saturated rings. The van der Waals surface area contributed by atoms with Crippen LogP contribution < -0.4 is 10.1 Å². The molecule has 0 saturated carbocycles. The number of nitrogens with one attached hydrogen (secondary N) is 1. The fourth-order valence-corrected chi connectivity index (χ4v) is 7.12. The fourth-order valence-electron chi connectivity index (χ4n) is 7.12. The monoisotopic (exact) mass is 568 g/mol. The first-order valence-corrected chi connectivity index (χ1v) is 15.5. The third-order valence-electron chi connectivity index (χ3n) is 9.53. The van der Waals surface area contributed by atoms with Gasteiger partial charge in [0.2, 0.25) is 5.91 Å². The molecular weight excluding hydrogens is 528 g/mol. The number of ether oxygens (including phenoxy) is 1. The second kappa shape index (κ2) is 11.6. The Labute approximate surface area is 247 Å². The highest BCUT2D eigenvalue weighted by Gasteiger charge is 2.34. The number of amides is 2. The first-order chi connectivity index (χ1) is 20.5. The Balaban J connectivity index is 0.940. The van der Waals surface area contributed by atoms with Crippen molar-refractivity contribution in [3.8, 4) is 5.75 Å². The summed E-state index contributed by atoms with van der Waals surface area (Å²) in [6.07, 6.45) is 7.11. The fraction of sp³-hybridized carbons (Fsp3) is 0.515. The Bertz CT molecular complexity index is 1480. The molecular formula is C33H40N6O3. The molecule has 4 aliphatic heterocycles. The molecule has 2 amide bonds. The lowest BCUT2D eigenvalue weighted by molar-refractivity contribution is -0.129. The zero-order valence-corrected chi connectivity index (χ0v) is 24.4. The van der Waals surface area contributed by atoms with Crippen LogP contribution in [0.15, 0.2) is 42.6 Å². The topological polar surface area (TPSA) is 90.9 Å². The molecule has 1 N–H and O–H groups in total. The van der Waals surface area contributed by atoms with Gasteiger partial charge in [0.1, 0.15) is 17.7 Å². The summed E-state index contributed by atoms with van der Waals surface area (Å²) < 4.78 is 6.42. The van der Waals surface area contributed by atoms with E-state index in [0.717, 1.165) is 112 Å². The molecule has 0 unspecified atom stereocenters. The molecule has 3 saturated heterocycles. The number of carbonyl (C=O) groups is 2. The maximum atomic E-state index is 13.0. The smallest absolute Gasteiger partial charge is 0.254 e. The molecule has 0 bridgehead atoms. The zero-order chi connectivity index (χ0) is 28.6. The van der Waals surface area contributed by atoms with Crippen molar-refractivity contribution in [3.05, 3.63) is 65.1 Å². The number of hydrogen-bond donors (Lipinski definition) is 1. The minimum absolute atomic E-state index is 0.138. The van der Waals surface area contributed by atoms with E-state index in [9.17, 15) is 9.59 Å². The lowest BCUT2D eigenvalue weighted by atomic mass is 9.95. The van der Waals surface area contributed by atoms with E-state index < -0.39 is 0 Å². The van der Waals surface area contributed by atoms with E-state index in [2.05, 4.69) is 34.5 Å². The summed E-state index contributed by atoms with van der Waals surface area (Å²) in [7, 11) is 0. The van der Waals surface area contributed by atoms with Gasteiger partial charge < -0.3 is 19.9 Å². The Morgan fingerprint density at radius 1 is 1.07 bits per heavy atom. The lowest BCUT2D eigenvalue weighted by Gasteiger charge is -2.31. The number of rotatable bonds is 6. The molecule has 9 nitrogen and oxygen atoms in total. The second-order valence-corrected chi connectivity index (χ2v) is 12.4. The highest BCUT2D eigenvalue weighted by Crippen LogP contribution is 2.31. The Morgan fingerprint density at radius 3 is 2.76 bits per heavy atom. The number of aromatic nitrogens is 2. The van der Waals surface area contributed by atoms with Crippen molar-refractivity contribution in [1.29, 1.82) is 0 Å². The van der Waals surface area contributed by atoms with Gasteiger partial charge in [-0.1, -0.05) is 6.07 Å². The number of hydrogen-bond acceptors (Lipinski definition) is 7. The van der Waals surface area contributed by atoms with E-state index in [0.29, 0.717) is 12.5 Å². The predicted molar refractivity (Wildman–Crippen MR) is 160 cm³/mol. The van der Waals surface area contributed by atoms with Crippen LogP contribution in [0.25, 0.3) is 10.9 Å². The summed E-state index contributed by atoms with van der Waals surface area (Å²) in [4.78, 5) is 40.6. The Hall–Kier alpha value is -3.56. The van der Waals surface area contributed by atoms with Crippen LogP contribution in [0.4, 0.5) is 0 Å². The highest BCUT2D eigenvalue weighted by molar-refractivity contribution is 5.98. The minimum Gasteiger partial charge on any atom is -0.489 e. The molecule has 220 valence electrons. The van der Waals surface area contributed by atoms with E-state index in [4.69, 9.17) is 14.7 Å². The van der Waals surface area contributed by atoms with Gasteiger partial charge in [-0.05, 0) is 80.1 Å². The molecule has 1 aromatic heterocycles. The molecule has 9 heteroatoms. The third kappa shape index (κ3) is 5.60. The van der Waals surface area contributed by atoms with Gasteiger partial charge in [-0.15, -0.1) is 0 Å². The summed E-state index contributed by atoms with van der Waals surface area (Å²) in [5, 5.41) is 4.49. The van der Waals surface area contributed by atoms with E-state index >= 15 is 0 Å². The van der Waals surface area contributed by atoms with Gasteiger partial charge in [0.05, 0.1) is 5.52 Å². The van der Waals surface area contributed by atoms with Crippen molar-refractivity contribution in [2.75, 3.05) is 39.3 Å². The number of nitrogens with zero attached hydrogens (tertiary/aromatic N) is 5. The van der Waals surface area contributed by atoms with Crippen LogP contribution in [0, 0.1) is 0 Å². The molecule has 0 spiro atoms. The molecule has 0 radical (unpaired) electrons. The van der Waals surface area contributed by atoms with Crippen LogP contribution in [0.5, 0.6) is 5.75 Å². The SMILES string of the molecule is CC(=O)N1CCC(c2ncc3cc(CN4CC[C@H](Oc5ccc6c(c5)CN([C@H]5CCCNC5)C6=O)C4)ccc3n2)CC1. The van der Waals surface area contributed by atoms with Gasteiger partial charge in [-0.25, -0.2) is 9.97 Å². The van der Waals surface area contributed by atoms with Crippen molar-refractivity contribution in [3.63, 3.8) is 0 Å². The number of likely N-dealkylation sites (tertiary alicyclic amines) is 2. The average Bonchev–Trinajstić information content (AvgIpc) is 3.60. The van der Waals surface area contributed by atoms with E-state index in [1.165, 1.54) is 5.56 Å². The number of fused-ring (bicyclic) bond motifs is 2. The molecule has 0 aliphatic carbocycles. The Morgan fingerprint density at radius 2 is 1.95 bits per heavy atom. The summed E-state index contributed by atoms with van der Waals surface area (Å²) in [6.45, 7) is 8.54. The van der Waals surface area contributed by atoms with Crippen molar-refractivity contribution >= 4 is 22.7 Å². The molecule has 5 heterocycles. The molecule has 4 aliphatic rings. The maximum Gasteiger partial charge on any atom is 0.254 e. The predicted octanol–water partition coefficient (Wildman–Crippen LogP) is 3.72. The van der Waals surface area contributed by atoms with Gasteiger partial charge in [-0.3, -0.25) is 14.5 Å². The summed E-state index contributed by atoms with van der Waals surface area (Å²) in [6, 6.07) is 12.8. The molecule has 7 rings (SSSR count). The van der Waals surface area contributed by atoms with Gasteiger partial charge in [0.15, 0.2) is 0 Å². The van der Waals surface area contributed by atoms with Crippen LogP contribution in [0.3, 0.4) is 0 Å². The normalized spacial score (nSPS) is 23.5. The van der Waals surface area contributed by atoms with Crippen molar-refractivity contribution in [2.24, 2.45) is 0 Å². The zero-order valence-electron chi connectivity index (χ0n) is 24.4. The van der Waals surface area contributed by atoms with Crippen molar-refractivity contribution < 1.29 is 14.3 Å². The lowest BCUT2D eigenvalue weighted by Crippen LogP contribution is -2.46. The number of benzene rings is 2. The van der Waals surface area contributed by atoms with Gasteiger partial charge in [0.25, 0.3) is 5.91 Å². The summed E-state index contributed by atoms with van der Waals surface area (Å²) in [5.74, 6) is 2.38. The summed E-state index contributed by atoms with van der Waals surface area (Å²) >= 11 is 0. The maximum absolute atomic E-state index is 13.0. The van der Waals surface area contributed by atoms with Crippen LogP contribution >= 0.6 is 0 Å². The quantitative estimate of drug-likeness (QED) is 0.485. The third-order valence-corrected chi connectivity index (χ3v) is 9.53. The van der Waals surface area contributed by atoms with Crippen molar-refractivity contribution in [2.45, 2.75) is 70.2 Å². The molecule has 2 atom stereocenters. The Kier molecular flexibility index (Phi) is 7.54. The summed E-state index contributed by atoms with van der Waals surface area (Å²) in [5.41, 5.74) is 4.14. The first-order valence-electron chi connectivity index (χ1n) is 15.5. The molecule has 2 aromatic carbocycles. The largest absolute Gasteiger partial charge is 0.489 e. The number of piperidine rings is 2. The van der Waals surface area contributed by atoms with E-state index in [1.54, 1.807) is 6.92 Å². The molecule has 3 aromatic rings. The van der Waals surface area contributed by atoms with Crippen LogP contribution in [-0.2, 0) is 17.9 Å². The van der Waals surface area contributed by atoms with Crippen LogP contribution in [0.2, 0.25) is 0 Å². The van der Waals surface area contributed by atoms with E-state index in [-0.39, 0.29) is 24.0 Å². The second-order valence-electron chi connectivity index (χ2n) is 12.4.